The number of hydrogen-bond acceptors (Lipinski definition) is 4. The lowest BCUT2D eigenvalue weighted by Crippen LogP contribution is -2.36. The number of cyclic esters (lactones) is 1. The van der Waals surface area contributed by atoms with E-state index in [1.165, 1.54) is 17.7 Å². The van der Waals surface area contributed by atoms with Crippen molar-refractivity contribution < 1.29 is 19.1 Å². The average Bonchev–Trinajstić information content (AvgIpc) is 3.20. The highest BCUT2D eigenvalue weighted by molar-refractivity contribution is 5.77. The van der Waals surface area contributed by atoms with Gasteiger partial charge in [-0.3, -0.25) is 9.59 Å². The van der Waals surface area contributed by atoms with Gasteiger partial charge in [0, 0.05) is 36.4 Å². The first kappa shape index (κ1) is 17.3. The molecule has 7 atom stereocenters. The fraction of sp³-hybridized carbons (Fsp3) is 0.727. The summed E-state index contributed by atoms with van der Waals surface area (Å²) in [5, 5.41) is 0. The predicted molar refractivity (Wildman–Crippen MR) is 99.2 cm³/mol. The molecule has 0 unspecified atom stereocenters. The Morgan fingerprint density at radius 2 is 1.96 bits per heavy atom. The van der Waals surface area contributed by atoms with Crippen molar-refractivity contribution >= 4 is 11.9 Å². The normalized spacial score (nSPS) is 40.2. The second-order valence-electron chi connectivity index (χ2n) is 9.01. The van der Waals surface area contributed by atoms with Gasteiger partial charge in [-0.2, -0.15) is 0 Å². The minimum Gasteiger partial charge on any atom is -0.461 e. The summed E-state index contributed by atoms with van der Waals surface area (Å²) in [7, 11) is 0. The summed E-state index contributed by atoms with van der Waals surface area (Å²) in [6, 6.07) is 2.26. The third-order valence-corrected chi connectivity index (χ3v) is 7.54. The molecule has 0 amide bonds. The maximum absolute atomic E-state index is 12.4. The van der Waals surface area contributed by atoms with E-state index in [-0.39, 0.29) is 41.9 Å². The van der Waals surface area contributed by atoms with Crippen LogP contribution in [-0.2, 0) is 25.6 Å². The Morgan fingerprint density at radius 3 is 2.67 bits per heavy atom. The van der Waals surface area contributed by atoms with Gasteiger partial charge in [-0.05, 0) is 30.9 Å². The molecule has 146 valence electrons. The van der Waals surface area contributed by atoms with Crippen molar-refractivity contribution in [1.82, 2.24) is 4.57 Å². The zero-order valence-corrected chi connectivity index (χ0v) is 16.4. The number of carbonyl (C=O) groups excluding carboxylic acids is 2. The molecule has 4 heterocycles. The monoisotopic (exact) mass is 371 g/mol. The largest absolute Gasteiger partial charge is 0.461 e. The number of hydrogen-bond donors (Lipinski definition) is 0. The lowest BCUT2D eigenvalue weighted by Gasteiger charge is -2.39. The molecule has 0 N–H and O–H groups in total. The standard InChI is InChI=1S/C22H29NO4/c1-4-13-14-7-5-6-8-23-16(17-9-11(2)21(24)26-17)10-15(19(14)23)18-12(3)22(25)27-20(13)18/h10-14,17-18,20H,4-9H2,1-3H3/t11-,12-,13+,14+,17-,18+,20-/m0/s1. The lowest BCUT2D eigenvalue weighted by molar-refractivity contribution is -0.146. The van der Waals surface area contributed by atoms with Crippen molar-refractivity contribution in [3.63, 3.8) is 0 Å². The number of aromatic nitrogens is 1. The van der Waals surface area contributed by atoms with E-state index in [0.717, 1.165) is 37.9 Å². The molecule has 5 heteroatoms. The zero-order valence-electron chi connectivity index (χ0n) is 16.4. The predicted octanol–water partition coefficient (Wildman–Crippen LogP) is 4.06. The molecule has 2 fully saturated rings. The van der Waals surface area contributed by atoms with Gasteiger partial charge in [0.1, 0.15) is 12.2 Å². The van der Waals surface area contributed by atoms with Gasteiger partial charge in [0.25, 0.3) is 0 Å². The number of fused-ring (bicyclic) bond motifs is 2. The van der Waals surface area contributed by atoms with Crippen LogP contribution in [0.3, 0.4) is 0 Å². The second-order valence-corrected chi connectivity index (χ2v) is 9.01. The fourth-order valence-electron chi connectivity index (χ4n) is 6.19. The molecule has 5 rings (SSSR count). The lowest BCUT2D eigenvalue weighted by atomic mass is 9.66. The van der Waals surface area contributed by atoms with Crippen LogP contribution in [0.4, 0.5) is 0 Å². The Labute approximate surface area is 160 Å². The van der Waals surface area contributed by atoms with E-state index < -0.39 is 0 Å². The van der Waals surface area contributed by atoms with Crippen molar-refractivity contribution in [3.8, 4) is 0 Å². The number of rotatable bonds is 2. The van der Waals surface area contributed by atoms with Crippen molar-refractivity contribution in [3.05, 3.63) is 23.0 Å². The Kier molecular flexibility index (Phi) is 3.92. The maximum atomic E-state index is 12.4. The minimum atomic E-state index is -0.149. The van der Waals surface area contributed by atoms with E-state index in [4.69, 9.17) is 9.47 Å². The Balaban J connectivity index is 1.67. The van der Waals surface area contributed by atoms with E-state index in [9.17, 15) is 9.59 Å². The fourth-order valence-corrected chi connectivity index (χ4v) is 6.19. The SMILES string of the molecule is CC[C@H]1[C@@H]2OC(=O)[C@@H](C)[C@@H]2c2cc([C@@H]3C[C@H](C)C(=O)O3)n3c2[C@@H]1CCCC3. The Hall–Kier alpha value is -1.78. The first-order valence-electron chi connectivity index (χ1n) is 10.7. The summed E-state index contributed by atoms with van der Waals surface area (Å²) in [6.07, 6.45) is 5.14. The molecule has 0 radical (unpaired) electrons. The van der Waals surface area contributed by atoms with E-state index in [1.54, 1.807) is 0 Å². The van der Waals surface area contributed by atoms with Gasteiger partial charge in [-0.25, -0.2) is 0 Å². The quantitative estimate of drug-likeness (QED) is 0.736. The van der Waals surface area contributed by atoms with Crippen LogP contribution >= 0.6 is 0 Å². The first-order chi connectivity index (χ1) is 13.0. The van der Waals surface area contributed by atoms with E-state index in [2.05, 4.69) is 17.6 Å². The summed E-state index contributed by atoms with van der Waals surface area (Å²) in [6.45, 7) is 7.17. The van der Waals surface area contributed by atoms with Crippen molar-refractivity contribution in [2.45, 2.75) is 83.5 Å². The number of esters is 2. The van der Waals surface area contributed by atoms with Gasteiger partial charge in [0.15, 0.2) is 0 Å². The van der Waals surface area contributed by atoms with E-state index >= 15 is 0 Å². The third-order valence-electron chi connectivity index (χ3n) is 7.54. The van der Waals surface area contributed by atoms with Crippen LogP contribution in [0.5, 0.6) is 0 Å². The highest BCUT2D eigenvalue weighted by Crippen LogP contribution is 2.55. The van der Waals surface area contributed by atoms with E-state index in [1.807, 2.05) is 13.8 Å². The molecular formula is C22H29NO4. The number of nitrogens with zero attached hydrogens (tertiary/aromatic N) is 1. The molecule has 0 bridgehead atoms. The molecule has 1 aromatic heterocycles. The topological polar surface area (TPSA) is 57.5 Å². The molecular weight excluding hydrogens is 342 g/mol. The van der Waals surface area contributed by atoms with Gasteiger partial charge in [0.05, 0.1) is 17.5 Å². The zero-order chi connectivity index (χ0) is 18.9. The van der Waals surface area contributed by atoms with Gasteiger partial charge in [0.2, 0.25) is 0 Å². The molecule has 3 aliphatic heterocycles. The molecule has 4 aliphatic rings. The van der Waals surface area contributed by atoms with Crippen molar-refractivity contribution in [2.24, 2.45) is 17.8 Å². The van der Waals surface area contributed by atoms with E-state index in [0.29, 0.717) is 11.8 Å². The Bertz CT molecular complexity index is 796. The average molecular weight is 371 g/mol. The van der Waals surface area contributed by atoms with Crippen LogP contribution in [0.1, 0.15) is 87.8 Å². The highest BCUT2D eigenvalue weighted by atomic mass is 16.6. The third kappa shape index (κ3) is 2.36. The summed E-state index contributed by atoms with van der Waals surface area (Å²) in [5.74, 6) is 0.690. The van der Waals surface area contributed by atoms with Crippen LogP contribution < -0.4 is 0 Å². The Morgan fingerprint density at radius 1 is 1.15 bits per heavy atom. The molecule has 1 aliphatic carbocycles. The van der Waals surface area contributed by atoms with Crippen LogP contribution in [0, 0.1) is 17.8 Å². The highest BCUT2D eigenvalue weighted by Gasteiger charge is 2.54. The summed E-state index contributed by atoms with van der Waals surface area (Å²) in [4.78, 5) is 24.5. The van der Waals surface area contributed by atoms with Crippen LogP contribution in [0.2, 0.25) is 0 Å². The van der Waals surface area contributed by atoms with Gasteiger partial charge in [-0.1, -0.05) is 27.2 Å². The molecule has 0 saturated carbocycles. The maximum Gasteiger partial charge on any atom is 0.309 e. The summed E-state index contributed by atoms with van der Waals surface area (Å²) in [5.41, 5.74) is 3.85. The molecule has 5 nitrogen and oxygen atoms in total. The molecule has 1 aromatic rings. The molecule has 0 spiro atoms. The van der Waals surface area contributed by atoms with Crippen molar-refractivity contribution in [2.75, 3.05) is 0 Å². The second kappa shape index (κ2) is 6.11. The first-order valence-corrected chi connectivity index (χ1v) is 10.7. The smallest absolute Gasteiger partial charge is 0.309 e. The van der Waals surface area contributed by atoms with Crippen LogP contribution in [0.15, 0.2) is 6.07 Å². The van der Waals surface area contributed by atoms with Gasteiger partial charge < -0.3 is 14.0 Å². The minimum absolute atomic E-state index is 0.00171. The number of carbonyl (C=O) groups is 2. The van der Waals surface area contributed by atoms with Crippen molar-refractivity contribution in [1.29, 1.82) is 0 Å². The summed E-state index contributed by atoms with van der Waals surface area (Å²) >= 11 is 0. The summed E-state index contributed by atoms with van der Waals surface area (Å²) < 4.78 is 14.1. The van der Waals surface area contributed by atoms with Gasteiger partial charge in [-0.15, -0.1) is 0 Å². The molecule has 27 heavy (non-hydrogen) atoms. The number of ether oxygens (including phenoxy) is 2. The van der Waals surface area contributed by atoms with Gasteiger partial charge >= 0.3 is 11.9 Å². The van der Waals surface area contributed by atoms with Crippen LogP contribution in [0.25, 0.3) is 0 Å². The van der Waals surface area contributed by atoms with Crippen LogP contribution in [-0.4, -0.2) is 22.6 Å². The molecule has 2 saturated heterocycles. The molecule has 0 aromatic carbocycles.